The van der Waals surface area contributed by atoms with E-state index in [-0.39, 0.29) is 0 Å². The lowest BCUT2D eigenvalue weighted by Gasteiger charge is -1.98. The van der Waals surface area contributed by atoms with Crippen LogP contribution in [0.15, 0.2) is 18.2 Å². The largest absolute Gasteiger partial charge is 0.417 e. The monoisotopic (exact) mass is 212 g/mol. The van der Waals surface area contributed by atoms with E-state index in [0.29, 0.717) is 5.75 Å². The van der Waals surface area contributed by atoms with Gasteiger partial charge in [-0.1, -0.05) is 23.2 Å². The van der Waals surface area contributed by atoms with E-state index in [1.165, 1.54) is 11.5 Å². The Kier molecular flexibility index (Phi) is 2.15. The highest BCUT2D eigenvalue weighted by Gasteiger charge is 2.07. The van der Waals surface area contributed by atoms with Gasteiger partial charge in [0, 0.05) is 0 Å². The Morgan fingerprint density at radius 3 is 3.15 bits per heavy atom. The Morgan fingerprint density at radius 1 is 1.54 bits per heavy atom. The lowest BCUT2D eigenvalue weighted by Crippen LogP contribution is -1.95. The maximum atomic E-state index is 10.6. The lowest BCUT2D eigenvalue weighted by molar-refractivity contribution is 0.228. The highest BCUT2D eigenvalue weighted by molar-refractivity contribution is 7.96. The van der Waals surface area contributed by atoms with E-state index in [9.17, 15) is 4.79 Å². The van der Waals surface area contributed by atoms with Crippen molar-refractivity contribution in [2.24, 2.45) is 0 Å². The lowest BCUT2D eigenvalue weighted by atomic mass is 10.3. The van der Waals surface area contributed by atoms with Gasteiger partial charge in [0.05, 0.1) is 0 Å². The fourth-order valence-electron chi connectivity index (χ4n) is 0.954. The minimum Gasteiger partial charge on any atom is -0.417 e. The number of hydrogen-bond acceptors (Lipinski definition) is 5. The molecular weight excluding hydrogens is 208 g/mol. The molecule has 6 heteroatoms. The van der Waals surface area contributed by atoms with Crippen LogP contribution in [0.5, 0.6) is 5.75 Å². The first-order valence-corrected chi connectivity index (χ1v) is 4.61. The number of benzene rings is 1. The van der Waals surface area contributed by atoms with Gasteiger partial charge in [-0.15, -0.1) is 5.10 Å². The van der Waals surface area contributed by atoms with Crippen molar-refractivity contribution in [1.29, 1.82) is 0 Å². The number of nitrogens with zero attached hydrogens (tertiary/aromatic N) is 2. The van der Waals surface area contributed by atoms with Gasteiger partial charge in [-0.2, -0.15) is 0 Å². The molecule has 0 N–H and O–H groups in total. The van der Waals surface area contributed by atoms with Crippen LogP contribution in [0.25, 0.3) is 10.2 Å². The first-order valence-electron chi connectivity index (χ1n) is 3.39. The van der Waals surface area contributed by atoms with Crippen LogP contribution in [0, 0.1) is 0 Å². The van der Waals surface area contributed by atoms with Crippen LogP contribution in [0.3, 0.4) is 0 Å². The molecule has 0 spiro atoms. The third-order valence-electron chi connectivity index (χ3n) is 1.44. The Labute approximate surface area is 83.1 Å². The average Bonchev–Trinajstić information content (AvgIpc) is 2.51. The Morgan fingerprint density at radius 2 is 2.38 bits per heavy atom. The summed E-state index contributed by atoms with van der Waals surface area (Å²) in [6, 6.07) is 5.22. The topological polar surface area (TPSA) is 52.1 Å². The molecule has 4 nitrogen and oxygen atoms in total. The number of hydrogen-bond donors (Lipinski definition) is 1. The molecule has 0 amide bonds. The molecule has 13 heavy (non-hydrogen) atoms. The summed E-state index contributed by atoms with van der Waals surface area (Å²) >= 11 is 4.70. The fourth-order valence-corrected chi connectivity index (χ4v) is 1.67. The third kappa shape index (κ3) is 1.63. The SMILES string of the molecule is O=C(S)Oc1cccc2nnsc12. The predicted octanol–water partition coefficient (Wildman–Crippen LogP) is 2.12. The smallest absolute Gasteiger partial charge is 0.369 e. The Bertz CT molecular complexity index is 454. The first kappa shape index (κ1) is 8.46. The molecular formula is C7H4N2O2S2. The second kappa shape index (κ2) is 3.31. The van der Waals surface area contributed by atoms with Crippen molar-refractivity contribution in [3.05, 3.63) is 18.2 Å². The predicted molar refractivity (Wildman–Crippen MR) is 52.4 cm³/mol. The van der Waals surface area contributed by atoms with E-state index in [1.807, 2.05) is 0 Å². The van der Waals surface area contributed by atoms with Gasteiger partial charge in [-0.3, -0.25) is 0 Å². The zero-order valence-electron chi connectivity index (χ0n) is 6.30. The molecule has 0 aliphatic heterocycles. The summed E-state index contributed by atoms with van der Waals surface area (Å²) in [6.45, 7) is 0. The molecule has 2 aromatic rings. The van der Waals surface area contributed by atoms with Crippen LogP contribution in [-0.4, -0.2) is 14.9 Å². The van der Waals surface area contributed by atoms with Crippen molar-refractivity contribution in [3.8, 4) is 5.75 Å². The number of aromatic nitrogens is 2. The van der Waals surface area contributed by atoms with Crippen LogP contribution in [-0.2, 0) is 0 Å². The quantitative estimate of drug-likeness (QED) is 0.581. The van der Waals surface area contributed by atoms with E-state index in [2.05, 4.69) is 22.2 Å². The highest BCUT2D eigenvalue weighted by Crippen LogP contribution is 2.27. The van der Waals surface area contributed by atoms with Crippen LogP contribution >= 0.6 is 24.2 Å². The summed E-state index contributed by atoms with van der Waals surface area (Å²) in [5.41, 5.74) is 0.720. The average molecular weight is 212 g/mol. The van der Waals surface area contributed by atoms with E-state index in [4.69, 9.17) is 4.74 Å². The highest BCUT2D eigenvalue weighted by atomic mass is 32.1. The van der Waals surface area contributed by atoms with Gasteiger partial charge in [-0.05, 0) is 23.7 Å². The van der Waals surface area contributed by atoms with Crippen molar-refractivity contribution in [2.45, 2.75) is 0 Å². The van der Waals surface area contributed by atoms with Gasteiger partial charge >= 0.3 is 5.30 Å². The minimum absolute atomic E-state index is 0.451. The molecule has 0 radical (unpaired) electrons. The minimum atomic E-state index is -0.638. The van der Waals surface area contributed by atoms with Crippen molar-refractivity contribution in [2.75, 3.05) is 0 Å². The van der Waals surface area contributed by atoms with Crippen LogP contribution in [0.2, 0.25) is 0 Å². The molecule has 0 unspecified atom stereocenters. The van der Waals surface area contributed by atoms with Gasteiger partial charge in [0.1, 0.15) is 10.2 Å². The first-order chi connectivity index (χ1) is 6.27. The zero-order valence-corrected chi connectivity index (χ0v) is 8.01. The maximum absolute atomic E-state index is 10.6. The number of carbonyl (C=O) groups excluding carboxylic acids is 1. The van der Waals surface area contributed by atoms with Gasteiger partial charge in [0.2, 0.25) is 0 Å². The van der Waals surface area contributed by atoms with Gasteiger partial charge in [-0.25, -0.2) is 4.79 Å². The molecule has 0 aliphatic rings. The molecule has 0 saturated heterocycles. The molecule has 0 atom stereocenters. The molecule has 1 heterocycles. The van der Waals surface area contributed by atoms with Crippen molar-refractivity contribution in [3.63, 3.8) is 0 Å². The second-order valence-corrected chi connectivity index (χ2v) is 3.36. The Balaban J connectivity index is 2.54. The molecule has 0 fully saturated rings. The molecule has 0 aliphatic carbocycles. The number of fused-ring (bicyclic) bond motifs is 1. The van der Waals surface area contributed by atoms with Gasteiger partial charge in [0.15, 0.2) is 5.75 Å². The van der Waals surface area contributed by atoms with Gasteiger partial charge in [0.25, 0.3) is 0 Å². The second-order valence-electron chi connectivity index (χ2n) is 2.25. The van der Waals surface area contributed by atoms with Crippen molar-refractivity contribution < 1.29 is 9.53 Å². The van der Waals surface area contributed by atoms with Crippen LogP contribution in [0.1, 0.15) is 0 Å². The van der Waals surface area contributed by atoms with Crippen LogP contribution < -0.4 is 4.74 Å². The summed E-state index contributed by atoms with van der Waals surface area (Å²) in [7, 11) is 0. The van der Waals surface area contributed by atoms with E-state index >= 15 is 0 Å². The Hall–Kier alpha value is -1.14. The number of thiol groups is 1. The molecule has 0 bridgehead atoms. The number of rotatable bonds is 1. The van der Waals surface area contributed by atoms with E-state index in [0.717, 1.165) is 10.2 Å². The number of carbonyl (C=O) groups is 1. The van der Waals surface area contributed by atoms with Crippen molar-refractivity contribution in [1.82, 2.24) is 9.59 Å². The molecule has 1 aromatic heterocycles. The number of ether oxygens (including phenoxy) is 1. The summed E-state index contributed by atoms with van der Waals surface area (Å²) < 4.78 is 9.34. The van der Waals surface area contributed by atoms with E-state index in [1.54, 1.807) is 18.2 Å². The van der Waals surface area contributed by atoms with Crippen molar-refractivity contribution >= 4 is 39.7 Å². The molecule has 0 saturated carbocycles. The standard InChI is InChI=1S/C7H4N2O2S2/c10-7(12)11-5-3-1-2-4-6(5)13-9-8-4/h1-3H,(H,10,12). The molecule has 2 rings (SSSR count). The normalized spacial score (nSPS) is 10.2. The molecule has 1 aromatic carbocycles. The van der Waals surface area contributed by atoms with Gasteiger partial charge < -0.3 is 4.74 Å². The maximum Gasteiger partial charge on any atom is 0.369 e. The summed E-state index contributed by atoms with van der Waals surface area (Å²) in [4.78, 5) is 10.6. The molecule has 66 valence electrons. The summed E-state index contributed by atoms with van der Waals surface area (Å²) in [5, 5.41) is 3.20. The third-order valence-corrected chi connectivity index (χ3v) is 2.28. The zero-order chi connectivity index (χ0) is 9.26. The fraction of sp³-hybridized carbons (Fsp3) is 0. The van der Waals surface area contributed by atoms with Crippen LogP contribution in [0.4, 0.5) is 4.79 Å². The summed E-state index contributed by atoms with van der Waals surface area (Å²) in [6.07, 6.45) is 0. The van der Waals surface area contributed by atoms with E-state index < -0.39 is 5.30 Å². The summed E-state index contributed by atoms with van der Waals surface area (Å²) in [5.74, 6) is 0.451.